The van der Waals surface area contributed by atoms with Crippen molar-refractivity contribution in [3.05, 3.63) is 0 Å². The Kier molecular flexibility index (Phi) is 8.84. The molecule has 5 heteroatoms. The van der Waals surface area contributed by atoms with Crippen molar-refractivity contribution in [3.8, 4) is 0 Å². The number of aliphatic imine (C=N–C) groups is 1. The molecule has 0 aromatic rings. The Morgan fingerprint density at radius 1 is 1.20 bits per heavy atom. The van der Waals surface area contributed by atoms with Gasteiger partial charge >= 0.3 is 0 Å². The van der Waals surface area contributed by atoms with E-state index in [1.54, 1.807) is 0 Å². The van der Waals surface area contributed by atoms with E-state index in [1.165, 1.54) is 45.2 Å². The molecule has 2 fully saturated rings. The van der Waals surface area contributed by atoms with Crippen LogP contribution in [0.3, 0.4) is 0 Å². The van der Waals surface area contributed by atoms with Crippen molar-refractivity contribution in [3.63, 3.8) is 0 Å². The van der Waals surface area contributed by atoms with Gasteiger partial charge in [0.05, 0.1) is 6.54 Å². The van der Waals surface area contributed by atoms with Crippen LogP contribution in [-0.2, 0) is 0 Å². The lowest BCUT2D eigenvalue weighted by Crippen LogP contribution is -2.40. The van der Waals surface area contributed by atoms with Gasteiger partial charge in [-0.05, 0) is 58.0 Å². The number of likely N-dealkylation sites (tertiary alicyclic amines) is 1. The maximum atomic E-state index is 4.78. The molecule has 1 saturated carbocycles. The Hall–Kier alpha value is -0.0400. The van der Waals surface area contributed by atoms with Crippen LogP contribution in [-0.4, -0.2) is 49.6 Å². The summed E-state index contributed by atoms with van der Waals surface area (Å²) in [5.74, 6) is 1.90. The third-order valence-electron chi connectivity index (χ3n) is 4.19. The standard InChI is InChI=1S/C15H30N4.HI/c1-3-14(19-9-5-6-10-19)12-18-15(16-4-2)17-11-13-7-8-13;/h13-14H,3-12H2,1-2H3,(H2,16,17,18);1H. The molecule has 2 rings (SSSR count). The van der Waals surface area contributed by atoms with Crippen molar-refractivity contribution in [2.24, 2.45) is 10.9 Å². The highest BCUT2D eigenvalue weighted by Gasteiger charge is 2.22. The fraction of sp³-hybridized carbons (Fsp3) is 0.933. The number of nitrogens with zero attached hydrogens (tertiary/aromatic N) is 2. The van der Waals surface area contributed by atoms with Gasteiger partial charge in [-0.2, -0.15) is 0 Å². The predicted octanol–water partition coefficient (Wildman–Crippen LogP) is 2.44. The lowest BCUT2D eigenvalue weighted by molar-refractivity contribution is 0.242. The second kappa shape index (κ2) is 9.82. The van der Waals surface area contributed by atoms with Crippen molar-refractivity contribution in [1.82, 2.24) is 15.5 Å². The molecule has 118 valence electrons. The van der Waals surface area contributed by atoms with E-state index in [0.717, 1.165) is 31.5 Å². The van der Waals surface area contributed by atoms with Crippen LogP contribution in [0.2, 0.25) is 0 Å². The van der Waals surface area contributed by atoms with Crippen LogP contribution in [0, 0.1) is 5.92 Å². The van der Waals surface area contributed by atoms with E-state index in [-0.39, 0.29) is 24.0 Å². The smallest absolute Gasteiger partial charge is 0.191 e. The number of hydrogen-bond acceptors (Lipinski definition) is 2. The summed E-state index contributed by atoms with van der Waals surface area (Å²) in [6.07, 6.45) is 6.70. The third-order valence-corrected chi connectivity index (χ3v) is 4.19. The fourth-order valence-electron chi connectivity index (χ4n) is 2.71. The fourth-order valence-corrected chi connectivity index (χ4v) is 2.71. The largest absolute Gasteiger partial charge is 0.357 e. The monoisotopic (exact) mass is 394 g/mol. The van der Waals surface area contributed by atoms with Gasteiger partial charge in [0.25, 0.3) is 0 Å². The molecule has 4 nitrogen and oxygen atoms in total. The minimum atomic E-state index is 0. The Labute approximate surface area is 141 Å². The molecule has 0 radical (unpaired) electrons. The van der Waals surface area contributed by atoms with Crippen molar-refractivity contribution in [2.75, 3.05) is 32.7 Å². The van der Waals surface area contributed by atoms with Crippen LogP contribution in [0.25, 0.3) is 0 Å². The van der Waals surface area contributed by atoms with Crippen LogP contribution in [0.4, 0.5) is 0 Å². The minimum Gasteiger partial charge on any atom is -0.357 e. The maximum absolute atomic E-state index is 4.78. The lowest BCUT2D eigenvalue weighted by Gasteiger charge is -2.25. The van der Waals surface area contributed by atoms with E-state index in [4.69, 9.17) is 4.99 Å². The van der Waals surface area contributed by atoms with E-state index in [9.17, 15) is 0 Å². The molecule has 2 aliphatic rings. The molecule has 0 spiro atoms. The van der Waals surface area contributed by atoms with Crippen LogP contribution >= 0.6 is 24.0 Å². The first kappa shape index (κ1) is 18.0. The summed E-state index contributed by atoms with van der Waals surface area (Å²) in [4.78, 5) is 7.39. The lowest BCUT2D eigenvalue weighted by atomic mass is 10.2. The molecular formula is C15H31IN4. The predicted molar refractivity (Wildman–Crippen MR) is 97.0 cm³/mol. The van der Waals surface area contributed by atoms with Gasteiger partial charge in [-0.25, -0.2) is 0 Å². The van der Waals surface area contributed by atoms with Gasteiger partial charge in [-0.3, -0.25) is 9.89 Å². The second-order valence-electron chi connectivity index (χ2n) is 5.85. The minimum absolute atomic E-state index is 0. The normalized spacial score (nSPS) is 21.4. The molecule has 20 heavy (non-hydrogen) atoms. The Morgan fingerprint density at radius 3 is 2.45 bits per heavy atom. The van der Waals surface area contributed by atoms with Crippen LogP contribution < -0.4 is 10.6 Å². The summed E-state index contributed by atoms with van der Waals surface area (Å²) < 4.78 is 0. The first-order chi connectivity index (χ1) is 9.33. The molecule has 0 bridgehead atoms. The van der Waals surface area contributed by atoms with Crippen molar-refractivity contribution in [2.45, 2.75) is 52.0 Å². The van der Waals surface area contributed by atoms with E-state index in [0.29, 0.717) is 6.04 Å². The second-order valence-corrected chi connectivity index (χ2v) is 5.85. The van der Waals surface area contributed by atoms with Crippen LogP contribution in [0.1, 0.15) is 46.0 Å². The molecule has 0 aromatic heterocycles. The molecule has 0 aromatic carbocycles. The van der Waals surface area contributed by atoms with Crippen LogP contribution in [0.5, 0.6) is 0 Å². The van der Waals surface area contributed by atoms with Gasteiger partial charge in [-0.15, -0.1) is 24.0 Å². The van der Waals surface area contributed by atoms with E-state index in [2.05, 4.69) is 29.4 Å². The molecular weight excluding hydrogens is 363 g/mol. The zero-order valence-electron chi connectivity index (χ0n) is 13.0. The molecule has 1 heterocycles. The first-order valence-electron chi connectivity index (χ1n) is 8.09. The van der Waals surface area contributed by atoms with Crippen LogP contribution in [0.15, 0.2) is 4.99 Å². The van der Waals surface area contributed by atoms with E-state index >= 15 is 0 Å². The summed E-state index contributed by atoms with van der Waals surface area (Å²) in [6, 6.07) is 0.624. The zero-order chi connectivity index (χ0) is 13.5. The van der Waals surface area contributed by atoms with Crippen molar-refractivity contribution in [1.29, 1.82) is 0 Å². The molecule has 1 atom stereocenters. The summed E-state index contributed by atoms with van der Waals surface area (Å²) in [6.45, 7) is 9.90. The highest BCUT2D eigenvalue weighted by molar-refractivity contribution is 14.0. The van der Waals surface area contributed by atoms with Gasteiger partial charge in [0.1, 0.15) is 0 Å². The van der Waals surface area contributed by atoms with Gasteiger partial charge < -0.3 is 10.6 Å². The Bertz CT molecular complexity index is 286. The summed E-state index contributed by atoms with van der Waals surface area (Å²) >= 11 is 0. The summed E-state index contributed by atoms with van der Waals surface area (Å²) in [5.41, 5.74) is 0. The van der Waals surface area contributed by atoms with Crippen molar-refractivity contribution >= 4 is 29.9 Å². The zero-order valence-corrected chi connectivity index (χ0v) is 15.4. The van der Waals surface area contributed by atoms with E-state index in [1.807, 2.05) is 0 Å². The number of guanidine groups is 1. The van der Waals surface area contributed by atoms with Gasteiger partial charge in [0, 0.05) is 19.1 Å². The molecule has 2 N–H and O–H groups in total. The van der Waals surface area contributed by atoms with Gasteiger partial charge in [-0.1, -0.05) is 6.92 Å². The third kappa shape index (κ3) is 6.16. The average molecular weight is 394 g/mol. The van der Waals surface area contributed by atoms with Gasteiger partial charge in [0.2, 0.25) is 0 Å². The topological polar surface area (TPSA) is 39.7 Å². The number of hydrogen-bond donors (Lipinski definition) is 2. The quantitative estimate of drug-likeness (QED) is 0.396. The highest BCUT2D eigenvalue weighted by atomic mass is 127. The van der Waals surface area contributed by atoms with Gasteiger partial charge in [0.15, 0.2) is 5.96 Å². The Morgan fingerprint density at radius 2 is 1.90 bits per heavy atom. The van der Waals surface area contributed by atoms with E-state index < -0.39 is 0 Å². The SMILES string of the molecule is CCNC(=NCC(CC)N1CCCC1)NCC1CC1.I. The number of halogens is 1. The van der Waals surface area contributed by atoms with Crippen molar-refractivity contribution < 1.29 is 0 Å². The maximum Gasteiger partial charge on any atom is 0.191 e. The average Bonchev–Trinajstić information content (AvgIpc) is 3.10. The Balaban J connectivity index is 0.00000200. The molecule has 0 amide bonds. The molecule has 1 saturated heterocycles. The number of rotatable bonds is 7. The molecule has 1 aliphatic heterocycles. The summed E-state index contributed by atoms with van der Waals surface area (Å²) in [7, 11) is 0. The highest BCUT2D eigenvalue weighted by Crippen LogP contribution is 2.27. The molecule has 1 unspecified atom stereocenters. The summed E-state index contributed by atoms with van der Waals surface area (Å²) in [5, 5.41) is 6.83. The molecule has 1 aliphatic carbocycles. The first-order valence-corrected chi connectivity index (χ1v) is 8.09. The number of nitrogens with one attached hydrogen (secondary N) is 2.